The van der Waals surface area contributed by atoms with Crippen molar-refractivity contribution in [3.8, 4) is 16.8 Å². The van der Waals surface area contributed by atoms with Crippen LogP contribution in [0.1, 0.15) is 0 Å². The maximum atomic E-state index is 6.23. The van der Waals surface area contributed by atoms with E-state index in [1.54, 1.807) is 0 Å². The summed E-state index contributed by atoms with van der Waals surface area (Å²) in [4.78, 5) is 2.36. The van der Waals surface area contributed by atoms with E-state index in [-0.39, 0.29) is 0 Å². The molecule has 8 aromatic carbocycles. The number of para-hydroxylation sites is 2. The number of fused-ring (bicyclic) bond motifs is 8. The SMILES string of the molecule is c1ccc(-c2ccc(N(c3ccc4oc5ccccc5c4c3)c3ccc4c(c3)c3ccc5ccccc5c3n4-c3ccccc3)cc2)cc1. The molecule has 0 fully saturated rings. The van der Waals surface area contributed by atoms with Crippen molar-refractivity contribution in [2.24, 2.45) is 0 Å². The van der Waals surface area contributed by atoms with Gasteiger partial charge in [-0.05, 0) is 83.2 Å². The normalized spacial score (nSPS) is 11.7. The molecule has 230 valence electrons. The van der Waals surface area contributed by atoms with Gasteiger partial charge in [-0.25, -0.2) is 0 Å². The highest BCUT2D eigenvalue weighted by atomic mass is 16.3. The summed E-state index contributed by atoms with van der Waals surface area (Å²) in [6, 6.07) is 65.0. The Hall–Kier alpha value is -6.58. The largest absolute Gasteiger partial charge is 0.456 e. The van der Waals surface area contributed by atoms with Gasteiger partial charge in [-0.2, -0.15) is 0 Å². The molecule has 0 aliphatic rings. The topological polar surface area (TPSA) is 21.3 Å². The lowest BCUT2D eigenvalue weighted by Crippen LogP contribution is -2.09. The van der Waals surface area contributed by atoms with Crippen LogP contribution in [0, 0.1) is 0 Å². The van der Waals surface area contributed by atoms with Gasteiger partial charge in [0.1, 0.15) is 11.2 Å². The lowest BCUT2D eigenvalue weighted by molar-refractivity contribution is 0.669. The van der Waals surface area contributed by atoms with Crippen LogP contribution in [0.4, 0.5) is 17.1 Å². The molecular weight excluding hydrogens is 597 g/mol. The second-order valence-electron chi connectivity index (χ2n) is 12.6. The summed E-state index contributed by atoms with van der Waals surface area (Å²) in [6.45, 7) is 0. The summed E-state index contributed by atoms with van der Waals surface area (Å²) in [5.41, 5.74) is 11.0. The summed E-state index contributed by atoms with van der Waals surface area (Å²) in [7, 11) is 0. The van der Waals surface area contributed by atoms with Crippen LogP contribution in [0.15, 0.2) is 186 Å². The Bertz CT molecular complexity index is 2810. The van der Waals surface area contributed by atoms with Gasteiger partial charge in [0.05, 0.1) is 11.0 Å². The molecule has 49 heavy (non-hydrogen) atoms. The van der Waals surface area contributed by atoms with Crippen molar-refractivity contribution in [3.63, 3.8) is 0 Å². The maximum absolute atomic E-state index is 6.23. The molecule has 0 atom stereocenters. The summed E-state index contributed by atoms with van der Waals surface area (Å²) in [6.07, 6.45) is 0. The molecule has 0 N–H and O–H groups in total. The monoisotopic (exact) mass is 626 g/mol. The third-order valence-corrected chi connectivity index (χ3v) is 9.76. The smallest absolute Gasteiger partial charge is 0.135 e. The fourth-order valence-electron chi connectivity index (χ4n) is 7.49. The van der Waals surface area contributed by atoms with E-state index in [1.807, 2.05) is 12.1 Å². The van der Waals surface area contributed by atoms with E-state index in [4.69, 9.17) is 4.42 Å². The van der Waals surface area contributed by atoms with Crippen LogP contribution in [0.2, 0.25) is 0 Å². The van der Waals surface area contributed by atoms with E-state index in [0.717, 1.165) is 44.7 Å². The highest BCUT2D eigenvalue weighted by Gasteiger charge is 2.20. The molecule has 0 radical (unpaired) electrons. The fraction of sp³-hybridized carbons (Fsp3) is 0. The minimum Gasteiger partial charge on any atom is -0.456 e. The highest BCUT2D eigenvalue weighted by molar-refractivity contribution is 6.19. The first-order chi connectivity index (χ1) is 24.3. The van der Waals surface area contributed by atoms with E-state index >= 15 is 0 Å². The van der Waals surface area contributed by atoms with Crippen molar-refractivity contribution in [1.82, 2.24) is 4.57 Å². The number of furan rings is 1. The maximum Gasteiger partial charge on any atom is 0.135 e. The van der Waals surface area contributed by atoms with Gasteiger partial charge >= 0.3 is 0 Å². The van der Waals surface area contributed by atoms with Crippen molar-refractivity contribution in [1.29, 1.82) is 0 Å². The van der Waals surface area contributed by atoms with Crippen LogP contribution in [0.25, 0.3) is 71.3 Å². The van der Waals surface area contributed by atoms with Gasteiger partial charge in [0.2, 0.25) is 0 Å². The molecule has 10 rings (SSSR count). The van der Waals surface area contributed by atoms with E-state index in [9.17, 15) is 0 Å². The number of aromatic nitrogens is 1. The average Bonchev–Trinajstić information content (AvgIpc) is 3.71. The molecule has 0 spiro atoms. The molecule has 0 aliphatic heterocycles. The van der Waals surface area contributed by atoms with E-state index in [2.05, 4.69) is 179 Å². The Balaban J connectivity index is 1.22. The standard InChI is InChI=1S/C46H30N2O/c1-3-11-31(12-4-1)32-19-22-35(23-20-32)47(37-25-28-45-42(30-37)39-17-9-10-18-44(39)49-45)36-24-27-43-41(29-36)40-26-21-33-13-7-8-16-38(33)46(40)48(43)34-14-5-2-6-15-34/h1-30H. The third kappa shape index (κ3) is 4.44. The van der Waals surface area contributed by atoms with E-state index < -0.39 is 0 Å². The van der Waals surface area contributed by atoms with Crippen molar-refractivity contribution >= 4 is 71.6 Å². The van der Waals surface area contributed by atoms with Crippen LogP contribution < -0.4 is 4.90 Å². The van der Waals surface area contributed by atoms with E-state index in [1.165, 1.54) is 43.7 Å². The number of hydrogen-bond acceptors (Lipinski definition) is 2. The molecule has 0 bridgehead atoms. The average molecular weight is 627 g/mol. The van der Waals surface area contributed by atoms with Gasteiger partial charge in [-0.1, -0.05) is 115 Å². The molecule has 0 saturated carbocycles. The Morgan fingerprint density at radius 3 is 1.82 bits per heavy atom. The molecule has 2 aromatic heterocycles. The number of rotatable bonds is 5. The zero-order valence-electron chi connectivity index (χ0n) is 26.6. The third-order valence-electron chi connectivity index (χ3n) is 9.76. The van der Waals surface area contributed by atoms with Gasteiger partial charge < -0.3 is 13.9 Å². The highest BCUT2D eigenvalue weighted by Crippen LogP contribution is 2.43. The lowest BCUT2D eigenvalue weighted by atomic mass is 10.0. The van der Waals surface area contributed by atoms with Crippen LogP contribution in [-0.4, -0.2) is 4.57 Å². The summed E-state index contributed by atoms with van der Waals surface area (Å²) in [5.74, 6) is 0. The first kappa shape index (κ1) is 27.5. The van der Waals surface area contributed by atoms with Crippen molar-refractivity contribution in [2.45, 2.75) is 0 Å². The number of anilines is 3. The molecule has 0 aliphatic carbocycles. The van der Waals surface area contributed by atoms with Crippen LogP contribution in [0.5, 0.6) is 0 Å². The van der Waals surface area contributed by atoms with Crippen LogP contribution in [-0.2, 0) is 0 Å². The van der Waals surface area contributed by atoms with Gasteiger partial charge in [-0.3, -0.25) is 0 Å². The summed E-state index contributed by atoms with van der Waals surface area (Å²) >= 11 is 0. The molecule has 2 heterocycles. The first-order valence-corrected chi connectivity index (χ1v) is 16.7. The molecule has 0 saturated heterocycles. The second kappa shape index (κ2) is 11.0. The van der Waals surface area contributed by atoms with Crippen molar-refractivity contribution in [2.75, 3.05) is 4.90 Å². The quantitative estimate of drug-likeness (QED) is 0.190. The Morgan fingerprint density at radius 2 is 1.00 bits per heavy atom. The van der Waals surface area contributed by atoms with Crippen molar-refractivity contribution < 1.29 is 4.42 Å². The minimum absolute atomic E-state index is 0.887. The zero-order chi connectivity index (χ0) is 32.3. The summed E-state index contributed by atoms with van der Waals surface area (Å²) in [5, 5.41) is 7.14. The van der Waals surface area contributed by atoms with Gasteiger partial charge in [-0.15, -0.1) is 0 Å². The number of hydrogen-bond donors (Lipinski definition) is 0. The lowest BCUT2D eigenvalue weighted by Gasteiger charge is -2.26. The predicted octanol–water partition coefficient (Wildman–Crippen LogP) is 13.0. The summed E-state index contributed by atoms with van der Waals surface area (Å²) < 4.78 is 8.64. The fourth-order valence-corrected chi connectivity index (χ4v) is 7.49. The zero-order valence-corrected chi connectivity index (χ0v) is 26.6. The van der Waals surface area contributed by atoms with Crippen molar-refractivity contribution in [3.05, 3.63) is 182 Å². The van der Waals surface area contributed by atoms with E-state index in [0.29, 0.717) is 0 Å². The Kier molecular flexibility index (Phi) is 6.18. The van der Waals surface area contributed by atoms with Gasteiger partial charge in [0.15, 0.2) is 0 Å². The predicted molar refractivity (Wildman–Crippen MR) is 206 cm³/mol. The minimum atomic E-state index is 0.887. The molecule has 3 nitrogen and oxygen atoms in total. The number of benzene rings is 8. The Morgan fingerprint density at radius 1 is 0.388 bits per heavy atom. The molecule has 0 amide bonds. The molecule has 3 heteroatoms. The second-order valence-corrected chi connectivity index (χ2v) is 12.6. The Labute approximate surface area is 283 Å². The van der Waals surface area contributed by atoms with Crippen LogP contribution in [0.3, 0.4) is 0 Å². The first-order valence-electron chi connectivity index (χ1n) is 16.7. The molecular formula is C46H30N2O. The molecule has 0 unspecified atom stereocenters. The van der Waals surface area contributed by atoms with Gasteiger partial charge in [0, 0.05) is 49.7 Å². The van der Waals surface area contributed by atoms with Crippen LogP contribution >= 0.6 is 0 Å². The van der Waals surface area contributed by atoms with Gasteiger partial charge in [0.25, 0.3) is 0 Å². The number of nitrogens with zero attached hydrogens (tertiary/aromatic N) is 2. The molecule has 10 aromatic rings.